The number of nitrogens with one attached hydrogen (secondary N) is 1. The van der Waals surface area contributed by atoms with Crippen LogP contribution in [0.5, 0.6) is 0 Å². The summed E-state index contributed by atoms with van der Waals surface area (Å²) in [5, 5.41) is 0. The van der Waals surface area contributed by atoms with Crippen molar-refractivity contribution in [3.05, 3.63) is 66.0 Å². The normalized spacial score (nSPS) is 12.9. The third-order valence-corrected chi connectivity index (χ3v) is 3.39. The molecule has 2 aromatic carbocycles. The molecule has 0 aliphatic heterocycles. The maximum Gasteiger partial charge on any atom is 0.213 e. The van der Waals surface area contributed by atoms with Crippen molar-refractivity contribution in [1.82, 2.24) is 10.3 Å². The van der Waals surface area contributed by atoms with Crippen LogP contribution in [0.25, 0.3) is 0 Å². The summed E-state index contributed by atoms with van der Waals surface area (Å²) in [6.07, 6.45) is 0. The van der Waals surface area contributed by atoms with E-state index >= 15 is 0 Å². The van der Waals surface area contributed by atoms with Crippen LogP contribution in [0.15, 0.2) is 59.6 Å². The summed E-state index contributed by atoms with van der Waals surface area (Å²) in [6, 6.07) is 15.9. The Morgan fingerprint density at radius 3 is 2.38 bits per heavy atom. The molecule has 0 spiro atoms. The summed E-state index contributed by atoms with van der Waals surface area (Å²) in [5.41, 5.74) is 3.94. The van der Waals surface area contributed by atoms with Crippen LogP contribution in [0.1, 0.15) is 18.5 Å². The number of guanidine groups is 1. The van der Waals surface area contributed by atoms with Crippen LogP contribution in [0.4, 0.5) is 10.1 Å². The molecule has 5 heteroatoms. The topological polar surface area (TPSA) is 53.6 Å². The lowest BCUT2D eigenvalue weighted by Gasteiger charge is -2.28. The fourth-order valence-electron chi connectivity index (χ4n) is 2.04. The molecule has 0 saturated heterocycles. The second-order valence-corrected chi connectivity index (χ2v) is 4.72. The SMILES string of the molecule is CC(c1ccccc1F)N(C)C(=Nc1ccccc1)NN. The van der Waals surface area contributed by atoms with Crippen LogP contribution in [-0.4, -0.2) is 17.9 Å². The highest BCUT2D eigenvalue weighted by Gasteiger charge is 2.18. The highest BCUT2D eigenvalue weighted by Crippen LogP contribution is 2.22. The Morgan fingerprint density at radius 2 is 1.76 bits per heavy atom. The molecule has 1 atom stereocenters. The summed E-state index contributed by atoms with van der Waals surface area (Å²) < 4.78 is 13.9. The van der Waals surface area contributed by atoms with Gasteiger partial charge in [0.05, 0.1) is 11.7 Å². The zero-order chi connectivity index (χ0) is 15.2. The third-order valence-electron chi connectivity index (χ3n) is 3.39. The predicted octanol–water partition coefficient (Wildman–Crippen LogP) is 2.97. The molecule has 3 N–H and O–H groups in total. The molecular weight excluding hydrogens is 267 g/mol. The van der Waals surface area contributed by atoms with Gasteiger partial charge in [0.15, 0.2) is 0 Å². The first-order chi connectivity index (χ1) is 10.1. The van der Waals surface area contributed by atoms with Gasteiger partial charge in [0.2, 0.25) is 5.96 Å². The Kier molecular flexibility index (Phi) is 4.90. The first kappa shape index (κ1) is 15.0. The Morgan fingerprint density at radius 1 is 1.14 bits per heavy atom. The zero-order valence-corrected chi connectivity index (χ0v) is 12.1. The fraction of sp³-hybridized carbons (Fsp3) is 0.188. The monoisotopic (exact) mass is 286 g/mol. The van der Waals surface area contributed by atoms with E-state index in [1.165, 1.54) is 6.07 Å². The summed E-state index contributed by atoms with van der Waals surface area (Å²) in [5.74, 6) is 5.79. The lowest BCUT2D eigenvalue weighted by Crippen LogP contribution is -2.43. The summed E-state index contributed by atoms with van der Waals surface area (Å²) in [7, 11) is 1.82. The lowest BCUT2D eigenvalue weighted by atomic mass is 10.1. The van der Waals surface area contributed by atoms with Crippen molar-refractivity contribution < 1.29 is 4.39 Å². The minimum atomic E-state index is -0.243. The van der Waals surface area contributed by atoms with Crippen LogP contribution in [-0.2, 0) is 0 Å². The molecule has 110 valence electrons. The number of halogens is 1. The van der Waals surface area contributed by atoms with E-state index in [4.69, 9.17) is 5.84 Å². The van der Waals surface area contributed by atoms with Gasteiger partial charge in [-0.15, -0.1) is 0 Å². The van der Waals surface area contributed by atoms with E-state index in [0.29, 0.717) is 11.5 Å². The average Bonchev–Trinajstić information content (AvgIpc) is 2.53. The van der Waals surface area contributed by atoms with Gasteiger partial charge in [-0.25, -0.2) is 15.2 Å². The molecule has 2 rings (SSSR count). The molecule has 0 fully saturated rings. The average molecular weight is 286 g/mol. The van der Waals surface area contributed by atoms with Crippen molar-refractivity contribution in [3.8, 4) is 0 Å². The predicted molar refractivity (Wildman–Crippen MR) is 83.4 cm³/mol. The van der Waals surface area contributed by atoms with Gasteiger partial charge in [-0.05, 0) is 25.1 Å². The molecule has 2 aromatic rings. The van der Waals surface area contributed by atoms with Gasteiger partial charge in [0.1, 0.15) is 5.82 Å². The number of hydrogen-bond acceptors (Lipinski definition) is 2. The number of hydrogen-bond donors (Lipinski definition) is 2. The zero-order valence-electron chi connectivity index (χ0n) is 12.1. The molecule has 21 heavy (non-hydrogen) atoms. The first-order valence-corrected chi connectivity index (χ1v) is 6.71. The van der Waals surface area contributed by atoms with Gasteiger partial charge in [-0.2, -0.15) is 0 Å². The van der Waals surface area contributed by atoms with E-state index in [9.17, 15) is 4.39 Å². The minimum Gasteiger partial charge on any atom is -0.338 e. The van der Waals surface area contributed by atoms with E-state index in [1.807, 2.05) is 50.4 Å². The molecule has 0 saturated carbocycles. The number of nitrogens with zero attached hydrogens (tertiary/aromatic N) is 2. The lowest BCUT2D eigenvalue weighted by molar-refractivity contribution is 0.376. The molecule has 0 amide bonds. The highest BCUT2D eigenvalue weighted by molar-refractivity contribution is 5.82. The van der Waals surface area contributed by atoms with Gasteiger partial charge in [-0.1, -0.05) is 36.4 Å². The largest absolute Gasteiger partial charge is 0.338 e. The van der Waals surface area contributed by atoms with E-state index in [2.05, 4.69) is 10.4 Å². The van der Waals surface area contributed by atoms with Crippen LogP contribution >= 0.6 is 0 Å². The Bertz CT molecular complexity index is 613. The summed E-state index contributed by atoms with van der Waals surface area (Å²) >= 11 is 0. The fourth-order valence-corrected chi connectivity index (χ4v) is 2.04. The van der Waals surface area contributed by atoms with E-state index in [0.717, 1.165) is 5.69 Å². The van der Waals surface area contributed by atoms with Crippen LogP contribution in [0.2, 0.25) is 0 Å². The molecule has 1 unspecified atom stereocenters. The van der Waals surface area contributed by atoms with Crippen molar-refractivity contribution in [2.75, 3.05) is 7.05 Å². The second kappa shape index (κ2) is 6.85. The minimum absolute atomic E-state index is 0.204. The molecule has 4 nitrogen and oxygen atoms in total. The van der Waals surface area contributed by atoms with Crippen LogP contribution in [0.3, 0.4) is 0 Å². The number of hydrazine groups is 1. The van der Waals surface area contributed by atoms with Crippen molar-refractivity contribution in [2.24, 2.45) is 10.8 Å². The van der Waals surface area contributed by atoms with E-state index in [-0.39, 0.29) is 11.9 Å². The maximum absolute atomic E-state index is 13.9. The van der Waals surface area contributed by atoms with E-state index in [1.54, 1.807) is 17.0 Å². The number of aliphatic imine (C=N–C) groups is 1. The molecule has 0 heterocycles. The molecule has 0 bridgehead atoms. The standard InChI is InChI=1S/C16H19FN4/c1-12(14-10-6-7-11-15(14)17)21(2)16(20-18)19-13-8-4-3-5-9-13/h3-12H,18H2,1-2H3,(H,19,20). The molecular formula is C16H19FN4. The van der Waals surface area contributed by atoms with Crippen molar-refractivity contribution in [2.45, 2.75) is 13.0 Å². The highest BCUT2D eigenvalue weighted by atomic mass is 19.1. The molecule has 0 aromatic heterocycles. The van der Waals surface area contributed by atoms with Crippen molar-refractivity contribution >= 4 is 11.6 Å². The van der Waals surface area contributed by atoms with Gasteiger partial charge >= 0.3 is 0 Å². The summed E-state index contributed by atoms with van der Waals surface area (Å²) in [6.45, 7) is 1.90. The Hall–Kier alpha value is -2.40. The summed E-state index contributed by atoms with van der Waals surface area (Å²) in [4.78, 5) is 6.23. The number of nitrogens with two attached hydrogens (primary N) is 1. The van der Waals surface area contributed by atoms with Gasteiger partial charge in [-0.3, -0.25) is 5.43 Å². The Balaban J connectivity index is 2.26. The molecule has 0 aliphatic carbocycles. The smallest absolute Gasteiger partial charge is 0.213 e. The first-order valence-electron chi connectivity index (χ1n) is 6.71. The maximum atomic E-state index is 13.9. The molecule has 0 radical (unpaired) electrons. The number of rotatable bonds is 3. The van der Waals surface area contributed by atoms with Crippen LogP contribution < -0.4 is 11.3 Å². The van der Waals surface area contributed by atoms with Gasteiger partial charge in [0.25, 0.3) is 0 Å². The molecule has 0 aliphatic rings. The third kappa shape index (κ3) is 3.58. The quantitative estimate of drug-likeness (QED) is 0.395. The second-order valence-electron chi connectivity index (χ2n) is 4.72. The number of para-hydroxylation sites is 1. The van der Waals surface area contributed by atoms with Crippen molar-refractivity contribution in [1.29, 1.82) is 0 Å². The van der Waals surface area contributed by atoms with Gasteiger partial charge in [0, 0.05) is 12.6 Å². The number of benzene rings is 2. The van der Waals surface area contributed by atoms with Crippen LogP contribution in [0, 0.1) is 5.82 Å². The Labute approximate surface area is 124 Å². The van der Waals surface area contributed by atoms with E-state index < -0.39 is 0 Å². The van der Waals surface area contributed by atoms with Gasteiger partial charge < -0.3 is 4.90 Å². The van der Waals surface area contributed by atoms with Crippen molar-refractivity contribution in [3.63, 3.8) is 0 Å².